The number of carbonyl (C=O) groups is 1. The van der Waals surface area contributed by atoms with Crippen LogP contribution in [0.5, 0.6) is 5.75 Å². The van der Waals surface area contributed by atoms with Gasteiger partial charge in [0.15, 0.2) is 0 Å². The molecule has 0 aliphatic carbocycles. The summed E-state index contributed by atoms with van der Waals surface area (Å²) in [5.74, 6) is 0.602. The average molecular weight is 292 g/mol. The lowest BCUT2D eigenvalue weighted by Crippen LogP contribution is -2.48. The normalized spacial score (nSPS) is 22.4. The molecule has 0 saturated carbocycles. The highest BCUT2D eigenvalue weighted by Gasteiger charge is 2.26. The maximum Gasteiger partial charge on any atom is 0.254 e. The van der Waals surface area contributed by atoms with Crippen LogP contribution in [0.25, 0.3) is 0 Å². The summed E-state index contributed by atoms with van der Waals surface area (Å²) in [6.45, 7) is 9.04. The number of rotatable bonds is 3. The Labute approximate surface area is 126 Å². The zero-order valence-electron chi connectivity index (χ0n) is 13.1. The summed E-state index contributed by atoms with van der Waals surface area (Å²) < 4.78 is 11.2. The maximum absolute atomic E-state index is 12.6. The molecular weight excluding hydrogens is 268 g/mol. The highest BCUT2D eigenvalue weighted by Crippen LogP contribution is 2.25. The van der Waals surface area contributed by atoms with E-state index >= 15 is 0 Å². The average Bonchev–Trinajstić information content (AvgIpc) is 2.38. The van der Waals surface area contributed by atoms with Crippen molar-refractivity contribution < 1.29 is 14.3 Å². The summed E-state index contributed by atoms with van der Waals surface area (Å²) >= 11 is 0. The van der Waals surface area contributed by atoms with Gasteiger partial charge < -0.3 is 20.1 Å². The molecule has 2 unspecified atom stereocenters. The summed E-state index contributed by atoms with van der Waals surface area (Å²) in [4.78, 5) is 14.4. The van der Waals surface area contributed by atoms with E-state index < -0.39 is 0 Å². The van der Waals surface area contributed by atoms with E-state index in [-0.39, 0.29) is 24.2 Å². The van der Waals surface area contributed by atoms with Crippen LogP contribution in [0.15, 0.2) is 18.2 Å². The van der Waals surface area contributed by atoms with E-state index in [2.05, 4.69) is 0 Å². The molecule has 1 fully saturated rings. The van der Waals surface area contributed by atoms with Crippen LogP contribution in [0.3, 0.4) is 0 Å². The number of hydrogen-bond donors (Lipinski definition) is 1. The fourth-order valence-corrected chi connectivity index (χ4v) is 2.57. The van der Waals surface area contributed by atoms with Gasteiger partial charge in [-0.15, -0.1) is 0 Å². The van der Waals surface area contributed by atoms with E-state index in [9.17, 15) is 4.79 Å². The number of nitrogen functional groups attached to an aromatic ring is 1. The lowest BCUT2D eigenvalue weighted by Gasteiger charge is -2.35. The van der Waals surface area contributed by atoms with Gasteiger partial charge in [-0.05, 0) is 45.9 Å². The number of morpholine rings is 1. The summed E-state index contributed by atoms with van der Waals surface area (Å²) in [5, 5.41) is 0. The van der Waals surface area contributed by atoms with Crippen LogP contribution < -0.4 is 10.5 Å². The second-order valence-corrected chi connectivity index (χ2v) is 5.89. The lowest BCUT2D eigenvalue weighted by atomic mass is 10.1. The van der Waals surface area contributed by atoms with Crippen molar-refractivity contribution in [2.24, 2.45) is 0 Å². The van der Waals surface area contributed by atoms with Crippen molar-refractivity contribution in [3.05, 3.63) is 23.8 Å². The molecule has 1 amide bonds. The predicted molar refractivity (Wildman–Crippen MR) is 82.5 cm³/mol. The highest BCUT2D eigenvalue weighted by atomic mass is 16.5. The molecule has 116 valence electrons. The Morgan fingerprint density at radius 1 is 1.33 bits per heavy atom. The third-order valence-electron chi connectivity index (χ3n) is 3.33. The number of ether oxygens (including phenoxy) is 2. The fourth-order valence-electron chi connectivity index (χ4n) is 2.57. The second kappa shape index (κ2) is 6.35. The largest absolute Gasteiger partial charge is 0.489 e. The van der Waals surface area contributed by atoms with Gasteiger partial charge in [-0.25, -0.2) is 0 Å². The predicted octanol–water partition coefficient (Wildman–Crippen LogP) is 2.31. The molecule has 0 radical (unpaired) electrons. The molecule has 5 heteroatoms. The number of carbonyl (C=O) groups excluding carboxylic acids is 1. The Kier molecular flexibility index (Phi) is 4.73. The first-order valence-electron chi connectivity index (χ1n) is 7.37. The summed E-state index contributed by atoms with van der Waals surface area (Å²) in [6.07, 6.45) is 0.159. The standard InChI is InChI=1S/C16H24N2O3/c1-10(2)20-15-6-5-13(7-14(15)17)16(19)18-8-11(3)21-12(4)9-18/h5-7,10-12H,8-9,17H2,1-4H3. The number of amides is 1. The van der Waals surface area contributed by atoms with Gasteiger partial charge in [-0.3, -0.25) is 4.79 Å². The minimum absolute atomic E-state index is 0.0141. The van der Waals surface area contributed by atoms with Crippen LogP contribution >= 0.6 is 0 Å². The van der Waals surface area contributed by atoms with Crippen molar-refractivity contribution in [3.63, 3.8) is 0 Å². The summed E-state index contributed by atoms with van der Waals surface area (Å²) in [5.41, 5.74) is 7.05. The van der Waals surface area contributed by atoms with Crippen LogP contribution in [0.4, 0.5) is 5.69 Å². The zero-order valence-corrected chi connectivity index (χ0v) is 13.1. The van der Waals surface area contributed by atoms with Crippen LogP contribution in [0.1, 0.15) is 38.1 Å². The molecule has 0 aromatic heterocycles. The third kappa shape index (κ3) is 3.88. The van der Waals surface area contributed by atoms with Crippen molar-refractivity contribution in [1.29, 1.82) is 0 Å². The minimum Gasteiger partial charge on any atom is -0.489 e. The van der Waals surface area contributed by atoms with E-state index in [1.165, 1.54) is 0 Å². The van der Waals surface area contributed by atoms with Crippen LogP contribution in [0.2, 0.25) is 0 Å². The van der Waals surface area contributed by atoms with Gasteiger partial charge in [0.05, 0.1) is 24.0 Å². The molecule has 21 heavy (non-hydrogen) atoms. The first kappa shape index (κ1) is 15.6. The first-order valence-corrected chi connectivity index (χ1v) is 7.37. The molecule has 0 spiro atoms. The molecule has 1 aliphatic rings. The molecular formula is C16H24N2O3. The first-order chi connectivity index (χ1) is 9.86. The van der Waals surface area contributed by atoms with Gasteiger partial charge in [0.2, 0.25) is 0 Å². The summed E-state index contributed by atoms with van der Waals surface area (Å²) in [6, 6.07) is 5.21. The lowest BCUT2D eigenvalue weighted by molar-refractivity contribution is -0.0586. The van der Waals surface area contributed by atoms with Crippen molar-refractivity contribution in [3.8, 4) is 5.75 Å². The Hall–Kier alpha value is -1.75. The number of hydrogen-bond acceptors (Lipinski definition) is 4. The number of nitrogens with two attached hydrogens (primary N) is 1. The van der Waals surface area contributed by atoms with Crippen molar-refractivity contribution in [2.75, 3.05) is 18.8 Å². The van der Waals surface area contributed by atoms with Gasteiger partial charge in [0.1, 0.15) is 5.75 Å². The molecule has 2 atom stereocenters. The smallest absolute Gasteiger partial charge is 0.254 e. The number of nitrogens with zero attached hydrogens (tertiary/aromatic N) is 1. The van der Waals surface area contributed by atoms with Crippen molar-refractivity contribution in [2.45, 2.75) is 46.0 Å². The molecule has 1 aliphatic heterocycles. The summed E-state index contributed by atoms with van der Waals surface area (Å²) in [7, 11) is 0. The Bertz CT molecular complexity index is 506. The van der Waals surface area contributed by atoms with Crippen LogP contribution in [-0.4, -0.2) is 42.2 Å². The van der Waals surface area contributed by atoms with E-state index in [0.717, 1.165) is 0 Å². The molecule has 1 aromatic carbocycles. The van der Waals surface area contributed by atoms with Gasteiger partial charge in [0, 0.05) is 18.7 Å². The highest BCUT2D eigenvalue weighted by molar-refractivity contribution is 5.95. The van der Waals surface area contributed by atoms with Gasteiger partial charge in [-0.2, -0.15) is 0 Å². The number of anilines is 1. The second-order valence-electron chi connectivity index (χ2n) is 5.89. The molecule has 2 N–H and O–H groups in total. The molecule has 1 heterocycles. The number of benzene rings is 1. The van der Waals surface area contributed by atoms with Crippen LogP contribution in [0, 0.1) is 0 Å². The molecule has 1 aromatic rings. The Morgan fingerprint density at radius 3 is 2.48 bits per heavy atom. The van der Waals surface area contributed by atoms with Gasteiger partial charge in [0.25, 0.3) is 5.91 Å². The van der Waals surface area contributed by atoms with E-state index in [4.69, 9.17) is 15.2 Å². The Balaban J connectivity index is 2.14. The monoisotopic (exact) mass is 292 g/mol. The van der Waals surface area contributed by atoms with E-state index in [1.807, 2.05) is 32.6 Å². The van der Waals surface area contributed by atoms with E-state index in [0.29, 0.717) is 30.1 Å². The zero-order chi connectivity index (χ0) is 15.6. The quantitative estimate of drug-likeness (QED) is 0.868. The van der Waals surface area contributed by atoms with Gasteiger partial charge in [-0.1, -0.05) is 0 Å². The van der Waals surface area contributed by atoms with Crippen LogP contribution in [-0.2, 0) is 4.74 Å². The van der Waals surface area contributed by atoms with E-state index in [1.54, 1.807) is 18.2 Å². The minimum atomic E-state index is -0.0141. The molecule has 1 saturated heterocycles. The van der Waals surface area contributed by atoms with Crippen molar-refractivity contribution >= 4 is 11.6 Å². The topological polar surface area (TPSA) is 64.8 Å². The fraction of sp³-hybridized carbons (Fsp3) is 0.562. The Morgan fingerprint density at radius 2 is 1.95 bits per heavy atom. The maximum atomic E-state index is 12.6. The SMILES string of the molecule is CC(C)Oc1ccc(C(=O)N2CC(C)OC(C)C2)cc1N. The molecule has 5 nitrogen and oxygen atoms in total. The third-order valence-corrected chi connectivity index (χ3v) is 3.33. The van der Waals surface area contributed by atoms with Crippen molar-refractivity contribution in [1.82, 2.24) is 4.90 Å². The molecule has 0 bridgehead atoms. The molecule has 2 rings (SSSR count). The van der Waals surface area contributed by atoms with Gasteiger partial charge >= 0.3 is 0 Å².